The van der Waals surface area contributed by atoms with Crippen LogP contribution < -0.4 is 16.7 Å². The summed E-state index contributed by atoms with van der Waals surface area (Å²) in [6.07, 6.45) is 0.860. The van der Waals surface area contributed by atoms with Crippen molar-refractivity contribution in [3.63, 3.8) is 0 Å². The molecule has 0 unspecified atom stereocenters. The van der Waals surface area contributed by atoms with E-state index >= 15 is 0 Å². The molecule has 7 nitrogen and oxygen atoms in total. The Morgan fingerprint density at radius 1 is 1.21 bits per heavy atom. The monoisotopic (exact) mass is 393 g/mol. The number of hydrogen-bond acceptors (Lipinski definition) is 6. The van der Waals surface area contributed by atoms with Crippen molar-refractivity contribution in [1.29, 1.82) is 0 Å². The predicted octanol–water partition coefficient (Wildman–Crippen LogP) is 3.63. The third-order valence-electron chi connectivity index (χ3n) is 4.49. The van der Waals surface area contributed by atoms with Gasteiger partial charge in [0.25, 0.3) is 5.56 Å². The number of rotatable bonds is 8. The second-order valence-corrected chi connectivity index (χ2v) is 7.11. The van der Waals surface area contributed by atoms with Crippen LogP contribution in [-0.4, -0.2) is 28.0 Å². The Morgan fingerprint density at radius 3 is 2.66 bits per heavy atom. The van der Waals surface area contributed by atoms with Gasteiger partial charge in [0.05, 0.1) is 22.7 Å². The van der Waals surface area contributed by atoms with E-state index in [1.807, 2.05) is 63.2 Å². The third kappa shape index (κ3) is 5.20. The summed E-state index contributed by atoms with van der Waals surface area (Å²) in [7, 11) is 0. The number of fused-ring (bicyclic) bond motifs is 1. The lowest BCUT2D eigenvalue weighted by Gasteiger charge is -2.14. The van der Waals surface area contributed by atoms with Gasteiger partial charge in [-0.05, 0) is 57.0 Å². The van der Waals surface area contributed by atoms with Gasteiger partial charge in [-0.1, -0.05) is 24.3 Å². The van der Waals surface area contributed by atoms with Crippen molar-refractivity contribution in [2.24, 2.45) is 5.10 Å². The van der Waals surface area contributed by atoms with Gasteiger partial charge in [0, 0.05) is 18.8 Å². The highest BCUT2D eigenvalue weighted by Crippen LogP contribution is 2.13. The number of aromatic nitrogens is 2. The summed E-state index contributed by atoms with van der Waals surface area (Å²) in [5.41, 5.74) is 11.7. The molecule has 0 atom stereocenters. The molecule has 0 fully saturated rings. The minimum Gasteiger partial charge on any atom is -0.399 e. The lowest BCUT2D eigenvalue weighted by atomic mass is 10.1. The first-order chi connectivity index (χ1) is 14.0. The fourth-order valence-corrected chi connectivity index (χ4v) is 2.93. The molecule has 0 aliphatic rings. The number of anilines is 2. The van der Waals surface area contributed by atoms with Gasteiger partial charge in [-0.3, -0.25) is 9.36 Å². The van der Waals surface area contributed by atoms with Crippen molar-refractivity contribution in [3.8, 4) is 0 Å². The van der Waals surface area contributed by atoms with E-state index in [9.17, 15) is 4.79 Å². The molecule has 0 bridgehead atoms. The molecule has 2 aromatic carbocycles. The van der Waals surface area contributed by atoms with Gasteiger partial charge < -0.3 is 10.5 Å². The standard InChI is InChI=1S/C22H27N5O2/c1-15(2)29-14-6-13-27-21(28)19-7-4-5-8-20(19)24-22(27)26-25-16(3)17-9-11-18(23)12-10-17/h4-5,7-12,15H,6,13-14,23H2,1-3H3,(H,24,26)/b25-16-. The zero-order chi connectivity index (χ0) is 20.8. The molecule has 7 heteroatoms. The molecule has 3 rings (SSSR count). The van der Waals surface area contributed by atoms with Gasteiger partial charge in [-0.25, -0.2) is 10.4 Å². The zero-order valence-electron chi connectivity index (χ0n) is 17.1. The van der Waals surface area contributed by atoms with Crippen molar-refractivity contribution >= 4 is 28.3 Å². The van der Waals surface area contributed by atoms with Crippen LogP contribution in [0.5, 0.6) is 0 Å². The van der Waals surface area contributed by atoms with E-state index in [0.717, 1.165) is 11.3 Å². The van der Waals surface area contributed by atoms with Crippen LogP contribution in [-0.2, 0) is 11.3 Å². The number of hydrazone groups is 1. The molecule has 0 aliphatic heterocycles. The quantitative estimate of drug-likeness (QED) is 0.264. The second kappa shape index (κ2) is 9.34. The van der Waals surface area contributed by atoms with E-state index < -0.39 is 0 Å². The molecule has 29 heavy (non-hydrogen) atoms. The molecular formula is C22H27N5O2. The fourth-order valence-electron chi connectivity index (χ4n) is 2.93. The van der Waals surface area contributed by atoms with Crippen LogP contribution in [0.1, 0.15) is 32.8 Å². The fraction of sp³-hybridized carbons (Fsp3) is 0.318. The Bertz CT molecular complexity index is 1050. The maximum absolute atomic E-state index is 13.0. The molecule has 0 spiro atoms. The number of benzene rings is 2. The summed E-state index contributed by atoms with van der Waals surface area (Å²) in [5.74, 6) is 0.410. The molecule has 1 heterocycles. The van der Waals surface area contributed by atoms with Crippen LogP contribution in [0.3, 0.4) is 0 Å². The van der Waals surface area contributed by atoms with Crippen LogP contribution in [0.4, 0.5) is 11.6 Å². The van der Waals surface area contributed by atoms with Gasteiger partial charge in [0.15, 0.2) is 0 Å². The van der Waals surface area contributed by atoms with Gasteiger partial charge >= 0.3 is 0 Å². The average Bonchev–Trinajstić information content (AvgIpc) is 2.71. The van der Waals surface area contributed by atoms with E-state index in [4.69, 9.17) is 10.5 Å². The van der Waals surface area contributed by atoms with Crippen LogP contribution in [0, 0.1) is 0 Å². The van der Waals surface area contributed by atoms with Crippen molar-refractivity contribution in [2.75, 3.05) is 17.8 Å². The molecule has 0 aliphatic carbocycles. The molecule has 0 saturated carbocycles. The third-order valence-corrected chi connectivity index (χ3v) is 4.49. The lowest BCUT2D eigenvalue weighted by molar-refractivity contribution is 0.0748. The largest absolute Gasteiger partial charge is 0.399 e. The molecule has 3 N–H and O–H groups in total. The summed E-state index contributed by atoms with van der Waals surface area (Å²) in [4.78, 5) is 17.6. The van der Waals surface area contributed by atoms with Gasteiger partial charge in [0.2, 0.25) is 5.95 Å². The molecule has 0 saturated heterocycles. The second-order valence-electron chi connectivity index (χ2n) is 7.11. The summed E-state index contributed by atoms with van der Waals surface area (Å²) in [5, 5.41) is 5.02. The number of hydrogen-bond donors (Lipinski definition) is 2. The Kier molecular flexibility index (Phi) is 6.61. The first kappa shape index (κ1) is 20.5. The average molecular weight is 393 g/mol. The zero-order valence-corrected chi connectivity index (χ0v) is 17.1. The molecule has 0 amide bonds. The number of nitrogen functional groups attached to an aromatic ring is 1. The normalized spacial score (nSPS) is 11.9. The van der Waals surface area contributed by atoms with Gasteiger partial charge in [-0.15, -0.1) is 0 Å². The molecular weight excluding hydrogens is 366 g/mol. The summed E-state index contributed by atoms with van der Waals surface area (Å²) in [6, 6.07) is 14.8. The molecule has 152 valence electrons. The van der Waals surface area contributed by atoms with Crippen molar-refractivity contribution in [2.45, 2.75) is 39.8 Å². The highest BCUT2D eigenvalue weighted by Gasteiger charge is 2.11. The Hall–Kier alpha value is -3.19. The minimum atomic E-state index is -0.0945. The number of ether oxygens (including phenoxy) is 1. The topological polar surface area (TPSA) is 94.5 Å². The van der Waals surface area contributed by atoms with Crippen molar-refractivity contribution < 1.29 is 4.74 Å². The first-order valence-corrected chi connectivity index (χ1v) is 9.73. The number of para-hydroxylation sites is 1. The van der Waals surface area contributed by atoms with Gasteiger partial charge in [-0.2, -0.15) is 5.10 Å². The Balaban J connectivity index is 1.89. The molecule has 3 aromatic rings. The number of nitrogens with one attached hydrogen (secondary N) is 1. The van der Waals surface area contributed by atoms with Crippen LogP contribution in [0.15, 0.2) is 58.4 Å². The first-order valence-electron chi connectivity index (χ1n) is 9.73. The summed E-state index contributed by atoms with van der Waals surface area (Å²) < 4.78 is 7.22. The smallest absolute Gasteiger partial charge is 0.262 e. The minimum absolute atomic E-state index is 0.0945. The maximum atomic E-state index is 13.0. The van der Waals surface area contributed by atoms with E-state index in [2.05, 4.69) is 15.5 Å². The molecule has 1 aromatic heterocycles. The summed E-state index contributed by atoms with van der Waals surface area (Å²) in [6.45, 7) is 6.93. The van der Waals surface area contributed by atoms with Crippen LogP contribution in [0.2, 0.25) is 0 Å². The van der Waals surface area contributed by atoms with Crippen LogP contribution in [0.25, 0.3) is 10.9 Å². The SMILES string of the molecule is C/C(=N/Nc1nc2ccccc2c(=O)n1CCCOC(C)C)c1ccc(N)cc1. The number of nitrogens with zero attached hydrogens (tertiary/aromatic N) is 3. The Labute approximate surface area is 170 Å². The van der Waals surface area contributed by atoms with E-state index in [1.54, 1.807) is 10.6 Å². The van der Waals surface area contributed by atoms with Crippen molar-refractivity contribution in [3.05, 3.63) is 64.4 Å². The maximum Gasteiger partial charge on any atom is 0.262 e. The predicted molar refractivity (Wildman–Crippen MR) is 118 cm³/mol. The highest BCUT2D eigenvalue weighted by atomic mass is 16.5. The van der Waals surface area contributed by atoms with E-state index in [0.29, 0.717) is 42.1 Å². The van der Waals surface area contributed by atoms with E-state index in [-0.39, 0.29) is 11.7 Å². The molecule has 0 radical (unpaired) electrons. The lowest BCUT2D eigenvalue weighted by Crippen LogP contribution is -2.25. The highest BCUT2D eigenvalue weighted by molar-refractivity contribution is 5.99. The van der Waals surface area contributed by atoms with Gasteiger partial charge in [0.1, 0.15) is 0 Å². The Morgan fingerprint density at radius 2 is 1.93 bits per heavy atom. The summed E-state index contributed by atoms with van der Waals surface area (Å²) >= 11 is 0. The van der Waals surface area contributed by atoms with Crippen molar-refractivity contribution in [1.82, 2.24) is 9.55 Å². The van der Waals surface area contributed by atoms with E-state index in [1.165, 1.54) is 0 Å². The number of nitrogens with two attached hydrogens (primary N) is 1. The van der Waals surface area contributed by atoms with Crippen LogP contribution >= 0.6 is 0 Å².